The van der Waals surface area contributed by atoms with Gasteiger partial charge < -0.3 is 10.1 Å². The standard InChI is InChI=1S/C17H23F3N2O4S/c1-12-7-9-22(10-8-12)27(24,25)15-5-3-14(4-6-15)21-16(23)13(2)26-11-17(18,19)20/h3-6,12-13H,7-11H2,1-2H3,(H,21,23). The van der Waals surface area contributed by atoms with Gasteiger partial charge in [0.15, 0.2) is 0 Å². The van der Waals surface area contributed by atoms with Gasteiger partial charge in [-0.3, -0.25) is 4.79 Å². The Morgan fingerprint density at radius 1 is 1.26 bits per heavy atom. The van der Waals surface area contributed by atoms with Gasteiger partial charge in [-0.15, -0.1) is 0 Å². The Morgan fingerprint density at radius 3 is 2.33 bits per heavy atom. The molecular weight excluding hydrogens is 385 g/mol. The molecule has 1 saturated heterocycles. The van der Waals surface area contributed by atoms with Crippen molar-refractivity contribution in [2.24, 2.45) is 5.92 Å². The van der Waals surface area contributed by atoms with E-state index in [1.807, 2.05) is 0 Å². The van der Waals surface area contributed by atoms with Crippen molar-refractivity contribution >= 4 is 21.6 Å². The number of nitrogens with zero attached hydrogens (tertiary/aromatic N) is 1. The maximum Gasteiger partial charge on any atom is 0.411 e. The molecule has 152 valence electrons. The topological polar surface area (TPSA) is 75.7 Å². The van der Waals surface area contributed by atoms with Crippen molar-refractivity contribution in [3.63, 3.8) is 0 Å². The van der Waals surface area contributed by atoms with Crippen molar-refractivity contribution in [2.45, 2.75) is 43.9 Å². The minimum Gasteiger partial charge on any atom is -0.359 e. The second kappa shape index (κ2) is 8.57. The van der Waals surface area contributed by atoms with E-state index >= 15 is 0 Å². The highest BCUT2D eigenvalue weighted by atomic mass is 32.2. The predicted octanol–water partition coefficient (Wildman–Crippen LogP) is 3.01. The zero-order chi connectivity index (χ0) is 20.2. The third-order valence-corrected chi connectivity index (χ3v) is 6.28. The summed E-state index contributed by atoms with van der Waals surface area (Å²) in [5.41, 5.74) is 0.272. The summed E-state index contributed by atoms with van der Waals surface area (Å²) in [6.45, 7) is 2.71. The number of hydrogen-bond acceptors (Lipinski definition) is 4. The molecule has 6 nitrogen and oxygen atoms in total. The molecule has 0 radical (unpaired) electrons. The van der Waals surface area contributed by atoms with E-state index in [4.69, 9.17) is 0 Å². The first-order valence-electron chi connectivity index (χ1n) is 8.58. The van der Waals surface area contributed by atoms with Crippen LogP contribution in [-0.4, -0.2) is 50.6 Å². The molecule has 0 aliphatic carbocycles. The van der Waals surface area contributed by atoms with Gasteiger partial charge in [0.1, 0.15) is 12.7 Å². The second-order valence-electron chi connectivity index (χ2n) is 6.67. The van der Waals surface area contributed by atoms with Gasteiger partial charge >= 0.3 is 6.18 Å². The smallest absolute Gasteiger partial charge is 0.359 e. The fraction of sp³-hybridized carbons (Fsp3) is 0.588. The first-order valence-corrected chi connectivity index (χ1v) is 10.0. The van der Waals surface area contributed by atoms with E-state index in [-0.39, 0.29) is 10.6 Å². The van der Waals surface area contributed by atoms with Crippen LogP contribution in [0.5, 0.6) is 0 Å². The lowest BCUT2D eigenvalue weighted by Crippen LogP contribution is -2.37. The van der Waals surface area contributed by atoms with Gasteiger partial charge in [0.2, 0.25) is 10.0 Å². The average Bonchev–Trinajstić information content (AvgIpc) is 2.60. The molecule has 1 atom stereocenters. The van der Waals surface area contributed by atoms with E-state index < -0.39 is 34.8 Å². The molecule has 1 aliphatic rings. The Kier molecular flexibility index (Phi) is 6.87. The lowest BCUT2D eigenvalue weighted by molar-refractivity contribution is -0.184. The number of carbonyl (C=O) groups excluding carboxylic acids is 1. The summed E-state index contributed by atoms with van der Waals surface area (Å²) in [4.78, 5) is 12.0. The fourth-order valence-corrected chi connectivity index (χ4v) is 4.09. The quantitative estimate of drug-likeness (QED) is 0.785. The normalized spacial score (nSPS) is 18.3. The third-order valence-electron chi connectivity index (χ3n) is 4.37. The summed E-state index contributed by atoms with van der Waals surface area (Å²) in [6.07, 6.45) is -4.20. The lowest BCUT2D eigenvalue weighted by Gasteiger charge is -2.29. The molecule has 1 heterocycles. The van der Waals surface area contributed by atoms with E-state index in [0.717, 1.165) is 12.8 Å². The molecule has 0 spiro atoms. The highest BCUT2D eigenvalue weighted by Gasteiger charge is 2.30. The number of rotatable bonds is 6. The van der Waals surface area contributed by atoms with Gasteiger partial charge in [-0.05, 0) is 49.9 Å². The summed E-state index contributed by atoms with van der Waals surface area (Å²) in [6, 6.07) is 5.52. The van der Waals surface area contributed by atoms with Crippen LogP contribution >= 0.6 is 0 Å². The highest BCUT2D eigenvalue weighted by molar-refractivity contribution is 7.89. The number of ether oxygens (including phenoxy) is 1. The first-order chi connectivity index (χ1) is 12.5. The summed E-state index contributed by atoms with van der Waals surface area (Å²) >= 11 is 0. The monoisotopic (exact) mass is 408 g/mol. The van der Waals surface area contributed by atoms with E-state index in [9.17, 15) is 26.4 Å². The summed E-state index contributed by atoms with van der Waals surface area (Å²) in [7, 11) is -3.60. The molecule has 1 N–H and O–H groups in total. The van der Waals surface area contributed by atoms with Crippen LogP contribution in [0, 0.1) is 5.92 Å². The molecule has 1 unspecified atom stereocenters. The Morgan fingerprint density at radius 2 is 1.81 bits per heavy atom. The van der Waals surface area contributed by atoms with Crippen LogP contribution in [0.3, 0.4) is 0 Å². The van der Waals surface area contributed by atoms with Crippen molar-refractivity contribution in [1.82, 2.24) is 4.31 Å². The van der Waals surface area contributed by atoms with Crippen LogP contribution in [0.25, 0.3) is 0 Å². The van der Waals surface area contributed by atoms with Gasteiger partial charge in [0.25, 0.3) is 5.91 Å². The molecule has 1 aliphatic heterocycles. The van der Waals surface area contributed by atoms with E-state index in [1.165, 1.54) is 35.5 Å². The van der Waals surface area contributed by atoms with Crippen LogP contribution in [0.15, 0.2) is 29.2 Å². The number of piperidine rings is 1. The van der Waals surface area contributed by atoms with Crippen molar-refractivity contribution in [1.29, 1.82) is 0 Å². The molecule has 1 aromatic carbocycles. The minimum atomic E-state index is -4.52. The van der Waals surface area contributed by atoms with E-state index in [2.05, 4.69) is 17.0 Å². The second-order valence-corrected chi connectivity index (χ2v) is 8.61. The maximum atomic E-state index is 12.6. The van der Waals surface area contributed by atoms with Crippen LogP contribution in [0.2, 0.25) is 0 Å². The van der Waals surface area contributed by atoms with Crippen molar-refractivity contribution in [3.8, 4) is 0 Å². The molecule has 1 aromatic rings. The Balaban J connectivity index is 1.97. The lowest BCUT2D eigenvalue weighted by atomic mass is 10.0. The van der Waals surface area contributed by atoms with Gasteiger partial charge in [-0.25, -0.2) is 8.42 Å². The molecule has 2 rings (SSSR count). The summed E-state index contributed by atoms with van der Waals surface area (Å²) in [5, 5.41) is 2.40. The Labute approximate surface area is 156 Å². The average molecular weight is 408 g/mol. The van der Waals surface area contributed by atoms with Crippen LogP contribution in [0.1, 0.15) is 26.7 Å². The van der Waals surface area contributed by atoms with Gasteiger partial charge in [-0.2, -0.15) is 17.5 Å². The number of anilines is 1. The van der Waals surface area contributed by atoms with Gasteiger partial charge in [0, 0.05) is 18.8 Å². The molecule has 1 fully saturated rings. The summed E-state index contributed by atoms with van der Waals surface area (Å²) < 4.78 is 67.5. The molecule has 0 aromatic heterocycles. The number of benzene rings is 1. The number of sulfonamides is 1. The number of alkyl halides is 3. The first kappa shape index (κ1) is 21.6. The number of hydrogen-bond donors (Lipinski definition) is 1. The van der Waals surface area contributed by atoms with E-state index in [0.29, 0.717) is 19.0 Å². The number of halogens is 3. The van der Waals surface area contributed by atoms with Crippen LogP contribution < -0.4 is 5.32 Å². The van der Waals surface area contributed by atoms with Crippen LogP contribution in [-0.2, 0) is 19.6 Å². The van der Waals surface area contributed by atoms with Gasteiger partial charge in [0.05, 0.1) is 4.90 Å². The zero-order valence-corrected chi connectivity index (χ0v) is 15.9. The molecule has 0 saturated carbocycles. The SMILES string of the molecule is CC1CCN(S(=O)(=O)c2ccc(NC(=O)C(C)OCC(F)(F)F)cc2)CC1. The number of carbonyl (C=O) groups is 1. The summed E-state index contributed by atoms with van der Waals surface area (Å²) in [5.74, 6) is -0.254. The number of nitrogens with one attached hydrogen (secondary N) is 1. The zero-order valence-electron chi connectivity index (χ0n) is 15.1. The third kappa shape index (κ3) is 6.18. The fourth-order valence-electron chi connectivity index (χ4n) is 2.62. The van der Waals surface area contributed by atoms with Crippen molar-refractivity contribution in [3.05, 3.63) is 24.3 Å². The molecular formula is C17H23F3N2O4S. The van der Waals surface area contributed by atoms with Gasteiger partial charge in [-0.1, -0.05) is 6.92 Å². The Bertz CT molecular complexity index is 742. The highest BCUT2D eigenvalue weighted by Crippen LogP contribution is 2.24. The minimum absolute atomic E-state index is 0.108. The van der Waals surface area contributed by atoms with Crippen LogP contribution in [0.4, 0.5) is 18.9 Å². The van der Waals surface area contributed by atoms with Crippen molar-refractivity contribution < 1.29 is 31.1 Å². The predicted molar refractivity (Wildman–Crippen MR) is 93.7 cm³/mol. The molecule has 10 heteroatoms. The number of amides is 1. The Hall–Kier alpha value is -1.65. The largest absolute Gasteiger partial charge is 0.411 e. The van der Waals surface area contributed by atoms with E-state index in [1.54, 1.807) is 0 Å². The maximum absolute atomic E-state index is 12.6. The molecule has 27 heavy (non-hydrogen) atoms. The molecule has 0 bridgehead atoms. The molecule has 1 amide bonds. The van der Waals surface area contributed by atoms with Crippen molar-refractivity contribution in [2.75, 3.05) is 25.0 Å².